The van der Waals surface area contributed by atoms with Crippen LogP contribution in [0.4, 0.5) is 0 Å². The molecule has 1 unspecified atom stereocenters. The molecule has 0 aromatic heterocycles. The minimum Gasteiger partial charge on any atom is -0.502 e. The predicted octanol–water partition coefficient (Wildman–Crippen LogP) is 0.878. The third-order valence-corrected chi connectivity index (χ3v) is 2.29. The van der Waals surface area contributed by atoms with Crippen LogP contribution < -0.4 is 10.6 Å². The molecule has 0 radical (unpaired) electrons. The minimum atomic E-state index is 0.664. The van der Waals surface area contributed by atoms with Crippen molar-refractivity contribution < 1.29 is 4.74 Å². The van der Waals surface area contributed by atoms with Crippen molar-refractivity contribution in [3.63, 3.8) is 0 Å². The molecule has 1 aliphatic heterocycles. The summed E-state index contributed by atoms with van der Waals surface area (Å²) in [6.45, 7) is 7.60. The number of ether oxygens (including phenoxy) is 1. The largest absolute Gasteiger partial charge is 0.502 e. The van der Waals surface area contributed by atoms with Crippen LogP contribution in [-0.2, 0) is 4.74 Å². The van der Waals surface area contributed by atoms with Crippen LogP contribution in [0.2, 0.25) is 0 Å². The lowest BCUT2D eigenvalue weighted by atomic mass is 10.1. The van der Waals surface area contributed by atoms with E-state index in [4.69, 9.17) is 4.74 Å². The Morgan fingerprint density at radius 3 is 3.23 bits per heavy atom. The van der Waals surface area contributed by atoms with Crippen molar-refractivity contribution in [2.24, 2.45) is 0 Å². The van der Waals surface area contributed by atoms with Gasteiger partial charge in [0.15, 0.2) is 0 Å². The maximum atomic E-state index is 5.03. The molecule has 0 bridgehead atoms. The summed E-state index contributed by atoms with van der Waals surface area (Å²) >= 11 is 0. The van der Waals surface area contributed by atoms with Crippen molar-refractivity contribution in [2.75, 3.05) is 26.2 Å². The molecule has 0 saturated carbocycles. The zero-order valence-electron chi connectivity index (χ0n) is 8.22. The summed E-state index contributed by atoms with van der Waals surface area (Å²) < 4.78 is 5.03. The number of hydrogen-bond acceptors (Lipinski definition) is 3. The first kappa shape index (κ1) is 10.5. The Morgan fingerprint density at radius 2 is 2.54 bits per heavy atom. The van der Waals surface area contributed by atoms with Gasteiger partial charge in [0.05, 0.1) is 12.9 Å². The molecule has 0 aromatic carbocycles. The molecular formula is C10H20N2O. The average molecular weight is 184 g/mol. The van der Waals surface area contributed by atoms with Gasteiger partial charge in [-0.2, -0.15) is 0 Å². The van der Waals surface area contributed by atoms with Gasteiger partial charge in [-0.25, -0.2) is 0 Å². The molecule has 1 rings (SSSR count). The fourth-order valence-corrected chi connectivity index (χ4v) is 1.57. The lowest BCUT2D eigenvalue weighted by Crippen LogP contribution is -2.43. The van der Waals surface area contributed by atoms with Gasteiger partial charge < -0.3 is 15.4 Å². The van der Waals surface area contributed by atoms with Gasteiger partial charge in [-0.3, -0.25) is 0 Å². The smallest absolute Gasteiger partial charge is 0.0885 e. The molecule has 1 atom stereocenters. The Bertz CT molecular complexity index is 133. The first-order chi connectivity index (χ1) is 6.43. The lowest BCUT2D eigenvalue weighted by Gasteiger charge is -2.23. The van der Waals surface area contributed by atoms with Crippen molar-refractivity contribution in [2.45, 2.75) is 25.3 Å². The van der Waals surface area contributed by atoms with Crippen LogP contribution in [0.25, 0.3) is 0 Å². The zero-order valence-corrected chi connectivity index (χ0v) is 8.22. The summed E-state index contributed by atoms with van der Waals surface area (Å²) in [5.41, 5.74) is 0. The second kappa shape index (κ2) is 6.92. The number of hydrogen-bond donors (Lipinski definition) is 2. The van der Waals surface area contributed by atoms with Gasteiger partial charge in [-0.1, -0.05) is 6.58 Å². The van der Waals surface area contributed by atoms with E-state index in [1.54, 1.807) is 0 Å². The Kier molecular flexibility index (Phi) is 5.61. The number of nitrogens with one attached hydrogen (secondary N) is 2. The summed E-state index contributed by atoms with van der Waals surface area (Å²) in [5, 5.41) is 6.88. The molecule has 0 spiro atoms. The van der Waals surface area contributed by atoms with Crippen molar-refractivity contribution >= 4 is 0 Å². The molecule has 2 N–H and O–H groups in total. The van der Waals surface area contributed by atoms with Gasteiger partial charge in [-0.05, 0) is 32.4 Å². The van der Waals surface area contributed by atoms with Gasteiger partial charge in [-0.15, -0.1) is 0 Å². The molecule has 0 aliphatic carbocycles. The van der Waals surface area contributed by atoms with E-state index in [-0.39, 0.29) is 0 Å². The van der Waals surface area contributed by atoms with Crippen molar-refractivity contribution in [3.8, 4) is 0 Å². The predicted molar refractivity (Wildman–Crippen MR) is 54.7 cm³/mol. The van der Waals surface area contributed by atoms with Crippen molar-refractivity contribution in [3.05, 3.63) is 12.8 Å². The topological polar surface area (TPSA) is 33.3 Å². The van der Waals surface area contributed by atoms with Crippen LogP contribution in [0.15, 0.2) is 12.8 Å². The Hall–Kier alpha value is -0.540. The van der Waals surface area contributed by atoms with Gasteiger partial charge in [0.25, 0.3) is 0 Å². The molecule has 1 aliphatic rings. The molecule has 1 saturated heterocycles. The van der Waals surface area contributed by atoms with Crippen LogP contribution in [-0.4, -0.2) is 32.3 Å². The SMILES string of the molecule is C=COCCCNC1CCCNC1. The molecule has 3 nitrogen and oxygen atoms in total. The van der Waals surface area contributed by atoms with E-state index in [0.29, 0.717) is 6.04 Å². The maximum Gasteiger partial charge on any atom is 0.0885 e. The summed E-state index contributed by atoms with van der Waals surface area (Å²) in [7, 11) is 0. The first-order valence-electron chi connectivity index (χ1n) is 5.10. The number of rotatable bonds is 6. The third-order valence-electron chi connectivity index (χ3n) is 2.29. The van der Waals surface area contributed by atoms with E-state index in [2.05, 4.69) is 17.2 Å². The van der Waals surface area contributed by atoms with E-state index >= 15 is 0 Å². The quantitative estimate of drug-likeness (QED) is 0.475. The maximum absolute atomic E-state index is 5.03. The Labute approximate surface area is 80.5 Å². The van der Waals surface area contributed by atoms with Gasteiger partial charge in [0, 0.05) is 12.6 Å². The minimum absolute atomic E-state index is 0.664. The summed E-state index contributed by atoms with van der Waals surface area (Å²) in [4.78, 5) is 0. The van der Waals surface area contributed by atoms with Gasteiger partial charge in [0.1, 0.15) is 0 Å². The number of piperidine rings is 1. The van der Waals surface area contributed by atoms with Crippen LogP contribution in [0.5, 0.6) is 0 Å². The standard InChI is InChI=1S/C10H20N2O/c1-2-13-8-4-7-12-10-5-3-6-11-9-10/h2,10-12H,1,3-9H2. The first-order valence-corrected chi connectivity index (χ1v) is 5.10. The van der Waals surface area contributed by atoms with Crippen LogP contribution >= 0.6 is 0 Å². The van der Waals surface area contributed by atoms with E-state index in [0.717, 1.165) is 26.1 Å². The molecule has 0 aromatic rings. The normalized spacial score (nSPS) is 22.6. The third kappa shape index (κ3) is 4.90. The van der Waals surface area contributed by atoms with Gasteiger partial charge in [0.2, 0.25) is 0 Å². The molecule has 3 heteroatoms. The van der Waals surface area contributed by atoms with Crippen LogP contribution in [0.1, 0.15) is 19.3 Å². The monoisotopic (exact) mass is 184 g/mol. The van der Waals surface area contributed by atoms with Crippen molar-refractivity contribution in [1.29, 1.82) is 0 Å². The highest BCUT2D eigenvalue weighted by Crippen LogP contribution is 2.00. The van der Waals surface area contributed by atoms with E-state index in [9.17, 15) is 0 Å². The lowest BCUT2D eigenvalue weighted by molar-refractivity contribution is 0.241. The van der Waals surface area contributed by atoms with E-state index in [1.165, 1.54) is 25.6 Å². The fraction of sp³-hybridized carbons (Fsp3) is 0.800. The van der Waals surface area contributed by atoms with E-state index < -0.39 is 0 Å². The van der Waals surface area contributed by atoms with Crippen molar-refractivity contribution in [1.82, 2.24) is 10.6 Å². The molecule has 13 heavy (non-hydrogen) atoms. The molecule has 1 heterocycles. The van der Waals surface area contributed by atoms with Crippen LogP contribution in [0, 0.1) is 0 Å². The second-order valence-corrected chi connectivity index (χ2v) is 3.39. The van der Waals surface area contributed by atoms with E-state index in [1.807, 2.05) is 0 Å². The molecule has 76 valence electrons. The van der Waals surface area contributed by atoms with Crippen LogP contribution in [0.3, 0.4) is 0 Å². The fourth-order valence-electron chi connectivity index (χ4n) is 1.57. The second-order valence-electron chi connectivity index (χ2n) is 3.39. The summed E-state index contributed by atoms with van der Waals surface area (Å²) in [6, 6.07) is 0.664. The zero-order chi connectivity index (χ0) is 9.36. The Morgan fingerprint density at radius 1 is 1.62 bits per heavy atom. The molecule has 0 amide bonds. The Balaban J connectivity index is 1.89. The highest BCUT2D eigenvalue weighted by atomic mass is 16.5. The summed E-state index contributed by atoms with van der Waals surface area (Å²) in [6.07, 6.45) is 5.15. The molecular weight excluding hydrogens is 164 g/mol. The summed E-state index contributed by atoms with van der Waals surface area (Å²) in [5.74, 6) is 0. The highest BCUT2D eigenvalue weighted by molar-refractivity contribution is 4.74. The average Bonchev–Trinajstić information content (AvgIpc) is 2.19. The van der Waals surface area contributed by atoms with Gasteiger partial charge >= 0.3 is 0 Å². The highest BCUT2D eigenvalue weighted by Gasteiger charge is 2.10. The molecule has 1 fully saturated rings.